The number of hydrogen-bond donors (Lipinski definition) is 3. The Morgan fingerprint density at radius 1 is 1.24 bits per heavy atom. The van der Waals surface area contributed by atoms with Gasteiger partial charge in [0.05, 0.1) is 41.3 Å². The van der Waals surface area contributed by atoms with Crippen molar-refractivity contribution in [2.75, 3.05) is 24.7 Å². The first-order valence-electron chi connectivity index (χ1n) is 12.6. The van der Waals surface area contributed by atoms with E-state index >= 15 is 0 Å². The van der Waals surface area contributed by atoms with E-state index in [1.165, 1.54) is 11.8 Å². The number of anilines is 1. The van der Waals surface area contributed by atoms with Crippen LogP contribution < -0.4 is 15.4 Å². The van der Waals surface area contributed by atoms with Gasteiger partial charge in [-0.2, -0.15) is 0 Å². The van der Waals surface area contributed by atoms with Crippen LogP contribution in [0, 0.1) is 0 Å². The standard InChI is InChI=1S/C26H29ClN6O3S/c1-36-23-11-29-19-6-5-18(27)24(25(19)32-23)20(34)12-33-16-3-4-17(33)9-15(8-16)28-10-14-2-7-21-26(30-14)31-22(35)13-37-21/h2,5-7,11,15-17,20,28,34H,3-4,8-10,12-13H2,1H3,(H,30,31,35). The number of aliphatic hydroxyl groups excluding tert-OH is 1. The molecule has 2 bridgehead atoms. The van der Waals surface area contributed by atoms with Gasteiger partial charge in [-0.15, -0.1) is 11.8 Å². The molecule has 2 aromatic heterocycles. The molecule has 9 nitrogen and oxygen atoms in total. The van der Waals surface area contributed by atoms with Crippen LogP contribution in [-0.2, 0) is 11.3 Å². The second-order valence-electron chi connectivity index (χ2n) is 9.87. The summed E-state index contributed by atoms with van der Waals surface area (Å²) < 4.78 is 5.25. The number of rotatable bonds is 7. The molecule has 0 radical (unpaired) electrons. The summed E-state index contributed by atoms with van der Waals surface area (Å²) in [6, 6.07) is 8.82. The van der Waals surface area contributed by atoms with E-state index < -0.39 is 6.10 Å². The molecule has 3 N–H and O–H groups in total. The quantitative estimate of drug-likeness (QED) is 0.414. The van der Waals surface area contributed by atoms with Crippen molar-refractivity contribution in [3.63, 3.8) is 0 Å². The maximum Gasteiger partial charge on any atom is 0.235 e. The number of hydrogen-bond acceptors (Lipinski definition) is 9. The summed E-state index contributed by atoms with van der Waals surface area (Å²) in [4.78, 5) is 28.7. The number of pyridine rings is 1. The Morgan fingerprint density at radius 3 is 2.84 bits per heavy atom. The first-order valence-corrected chi connectivity index (χ1v) is 13.9. The molecule has 2 saturated heterocycles. The molecule has 3 aliphatic heterocycles. The van der Waals surface area contributed by atoms with Crippen molar-refractivity contribution in [1.82, 2.24) is 25.2 Å². The van der Waals surface area contributed by atoms with Gasteiger partial charge >= 0.3 is 0 Å². The number of aromatic nitrogens is 3. The lowest BCUT2D eigenvalue weighted by molar-refractivity contribution is -0.113. The van der Waals surface area contributed by atoms with Crippen LogP contribution >= 0.6 is 23.4 Å². The molecule has 194 valence electrons. The number of ether oxygens (including phenoxy) is 1. The Labute approximate surface area is 224 Å². The lowest BCUT2D eigenvalue weighted by Crippen LogP contribution is -2.50. The molecule has 0 saturated carbocycles. The minimum absolute atomic E-state index is 0.00258. The number of methoxy groups -OCH3 is 1. The Balaban J connectivity index is 1.11. The predicted octanol–water partition coefficient (Wildman–Crippen LogP) is 3.55. The van der Waals surface area contributed by atoms with Gasteiger partial charge in [-0.25, -0.2) is 15.0 Å². The molecular formula is C26H29ClN6O3S. The van der Waals surface area contributed by atoms with Crippen molar-refractivity contribution < 1.29 is 14.6 Å². The highest BCUT2D eigenvalue weighted by Gasteiger charge is 2.41. The van der Waals surface area contributed by atoms with Gasteiger partial charge in [0.1, 0.15) is 11.3 Å². The number of fused-ring (bicyclic) bond motifs is 4. The smallest absolute Gasteiger partial charge is 0.235 e. The maximum atomic E-state index is 11.7. The van der Waals surface area contributed by atoms with Crippen molar-refractivity contribution in [2.24, 2.45) is 0 Å². The first-order chi connectivity index (χ1) is 18.0. The van der Waals surface area contributed by atoms with Gasteiger partial charge in [-0.3, -0.25) is 9.69 Å². The largest absolute Gasteiger partial charge is 0.480 e. The zero-order valence-corrected chi connectivity index (χ0v) is 22.1. The Bertz CT molecular complexity index is 1330. The summed E-state index contributed by atoms with van der Waals surface area (Å²) in [5.41, 5.74) is 2.79. The third kappa shape index (κ3) is 5.00. The number of thioether (sulfide) groups is 1. The summed E-state index contributed by atoms with van der Waals surface area (Å²) in [6.45, 7) is 1.16. The molecule has 1 aromatic carbocycles. The molecule has 37 heavy (non-hydrogen) atoms. The normalized spacial score (nSPS) is 24.1. The highest BCUT2D eigenvalue weighted by molar-refractivity contribution is 8.00. The summed E-state index contributed by atoms with van der Waals surface area (Å²) in [5, 5.41) is 18.4. The molecular weight excluding hydrogens is 512 g/mol. The molecule has 6 rings (SSSR count). The van der Waals surface area contributed by atoms with Crippen LogP contribution in [0.15, 0.2) is 35.4 Å². The summed E-state index contributed by atoms with van der Waals surface area (Å²) in [5.74, 6) is 1.50. The second kappa shape index (κ2) is 10.3. The van der Waals surface area contributed by atoms with E-state index in [-0.39, 0.29) is 5.91 Å². The number of halogens is 1. The fourth-order valence-corrected chi connectivity index (χ4v) is 6.89. The number of carbonyl (C=O) groups is 1. The lowest BCUT2D eigenvalue weighted by atomic mass is 9.95. The molecule has 2 fully saturated rings. The van der Waals surface area contributed by atoms with Crippen molar-refractivity contribution in [1.29, 1.82) is 0 Å². The molecule has 3 aliphatic rings. The SMILES string of the molecule is COc1cnc2ccc(Cl)c(C(O)CN3C4CCC3CC(NCc3ccc5c(n3)NC(=O)CS5)C4)c2n1. The summed E-state index contributed by atoms with van der Waals surface area (Å²) >= 11 is 8.07. The minimum atomic E-state index is -0.780. The fraction of sp³-hybridized carbons (Fsp3) is 0.462. The van der Waals surface area contributed by atoms with E-state index in [0.29, 0.717) is 70.3 Å². The first kappa shape index (κ1) is 24.8. The topological polar surface area (TPSA) is 113 Å². The van der Waals surface area contributed by atoms with Crippen molar-refractivity contribution in [3.05, 3.63) is 46.7 Å². The van der Waals surface area contributed by atoms with Gasteiger partial charge in [0, 0.05) is 41.8 Å². The molecule has 1 amide bonds. The van der Waals surface area contributed by atoms with E-state index in [2.05, 4.69) is 30.5 Å². The zero-order valence-electron chi connectivity index (χ0n) is 20.5. The van der Waals surface area contributed by atoms with Crippen molar-refractivity contribution >= 4 is 46.1 Å². The van der Waals surface area contributed by atoms with Gasteiger partial charge in [0.2, 0.25) is 11.8 Å². The van der Waals surface area contributed by atoms with Crippen LogP contribution in [0.2, 0.25) is 5.02 Å². The van der Waals surface area contributed by atoms with Crippen molar-refractivity contribution in [2.45, 2.75) is 61.4 Å². The number of nitrogens with one attached hydrogen (secondary N) is 2. The van der Waals surface area contributed by atoms with Crippen LogP contribution in [0.5, 0.6) is 5.88 Å². The van der Waals surface area contributed by atoms with Crippen LogP contribution in [0.4, 0.5) is 5.82 Å². The number of aliphatic hydroxyl groups is 1. The lowest BCUT2D eigenvalue weighted by Gasteiger charge is -2.40. The predicted molar refractivity (Wildman–Crippen MR) is 143 cm³/mol. The number of benzene rings is 1. The molecule has 3 unspecified atom stereocenters. The number of nitrogens with zero attached hydrogens (tertiary/aromatic N) is 4. The second-order valence-corrected chi connectivity index (χ2v) is 11.3. The van der Waals surface area contributed by atoms with Gasteiger partial charge in [0.25, 0.3) is 0 Å². The summed E-state index contributed by atoms with van der Waals surface area (Å²) in [7, 11) is 1.55. The molecule has 3 atom stereocenters. The molecule has 5 heterocycles. The van der Waals surface area contributed by atoms with Crippen LogP contribution in [-0.4, -0.2) is 68.4 Å². The molecule has 3 aromatic rings. The van der Waals surface area contributed by atoms with Crippen molar-refractivity contribution in [3.8, 4) is 5.88 Å². The molecule has 0 aliphatic carbocycles. The van der Waals surface area contributed by atoms with E-state index in [1.807, 2.05) is 18.2 Å². The maximum absolute atomic E-state index is 11.7. The molecule has 0 spiro atoms. The zero-order chi connectivity index (χ0) is 25.5. The van der Waals surface area contributed by atoms with Gasteiger partial charge in [0.15, 0.2) is 0 Å². The van der Waals surface area contributed by atoms with Gasteiger partial charge in [-0.1, -0.05) is 11.6 Å². The summed E-state index contributed by atoms with van der Waals surface area (Å²) in [6.07, 6.45) is 5.05. The highest BCUT2D eigenvalue weighted by Crippen LogP contribution is 2.39. The number of piperidine rings is 1. The fourth-order valence-electron chi connectivity index (χ4n) is 5.85. The molecule has 11 heteroatoms. The Kier molecular flexibility index (Phi) is 6.93. The van der Waals surface area contributed by atoms with Crippen LogP contribution in [0.1, 0.15) is 43.0 Å². The Morgan fingerprint density at radius 2 is 2.05 bits per heavy atom. The third-order valence-electron chi connectivity index (χ3n) is 7.59. The minimum Gasteiger partial charge on any atom is -0.480 e. The average molecular weight is 541 g/mol. The third-order valence-corrected chi connectivity index (χ3v) is 8.97. The van der Waals surface area contributed by atoms with E-state index in [9.17, 15) is 9.90 Å². The van der Waals surface area contributed by atoms with Gasteiger partial charge < -0.3 is 20.5 Å². The Hall–Kier alpha value is -2.50. The number of carbonyl (C=O) groups excluding carboxylic acids is 1. The van der Waals surface area contributed by atoms with E-state index in [0.717, 1.165) is 36.3 Å². The highest BCUT2D eigenvalue weighted by atomic mass is 35.5. The van der Waals surface area contributed by atoms with Crippen LogP contribution in [0.25, 0.3) is 11.0 Å². The van der Waals surface area contributed by atoms with Gasteiger partial charge in [-0.05, 0) is 49.9 Å². The van der Waals surface area contributed by atoms with E-state index in [4.69, 9.17) is 16.3 Å². The monoisotopic (exact) mass is 540 g/mol. The van der Waals surface area contributed by atoms with Crippen LogP contribution in [0.3, 0.4) is 0 Å². The number of amides is 1. The average Bonchev–Trinajstić information content (AvgIpc) is 3.12. The van der Waals surface area contributed by atoms with E-state index in [1.54, 1.807) is 19.4 Å².